The van der Waals surface area contributed by atoms with Crippen molar-refractivity contribution in [1.29, 1.82) is 0 Å². The van der Waals surface area contributed by atoms with Crippen LogP contribution in [-0.2, 0) is 25.7 Å². The van der Waals surface area contributed by atoms with E-state index < -0.39 is 0 Å². The fraction of sp³-hybridized carbons (Fsp3) is 0.333. The monoisotopic (exact) mass is 812 g/mol. The average Bonchev–Trinajstić information content (AvgIpc) is 3.30. The minimum Gasteiger partial charge on any atom is -0.423 e. The van der Waals surface area contributed by atoms with Crippen molar-refractivity contribution in [3.05, 3.63) is 179 Å². The highest BCUT2D eigenvalue weighted by molar-refractivity contribution is 5.92. The van der Waals surface area contributed by atoms with Gasteiger partial charge in [0.25, 0.3) is 0 Å². The Balaban J connectivity index is 0.804. The first kappa shape index (κ1) is 44.8. The second kappa shape index (κ2) is 24.5. The number of carbonyl (C=O) groups excluding carboxylic acids is 2. The molecule has 316 valence electrons. The van der Waals surface area contributed by atoms with Gasteiger partial charge in [0, 0.05) is 0 Å². The van der Waals surface area contributed by atoms with Gasteiger partial charge in [-0.05, 0) is 144 Å². The van der Waals surface area contributed by atoms with E-state index in [1.165, 1.54) is 92.9 Å². The van der Waals surface area contributed by atoms with Crippen LogP contribution in [0.25, 0.3) is 22.3 Å². The lowest BCUT2D eigenvalue weighted by Crippen LogP contribution is -2.08. The molecule has 61 heavy (non-hydrogen) atoms. The molecule has 0 bridgehead atoms. The molecule has 0 amide bonds. The number of ether oxygens (including phenoxy) is 2. The van der Waals surface area contributed by atoms with Crippen molar-refractivity contribution < 1.29 is 19.1 Å². The van der Waals surface area contributed by atoms with E-state index in [9.17, 15) is 9.59 Å². The van der Waals surface area contributed by atoms with E-state index in [0.717, 1.165) is 60.8 Å². The molecule has 0 atom stereocenters. The Morgan fingerprint density at radius 2 is 0.557 bits per heavy atom. The Kier molecular flexibility index (Phi) is 18.0. The van der Waals surface area contributed by atoms with Crippen molar-refractivity contribution in [2.24, 2.45) is 0 Å². The van der Waals surface area contributed by atoms with Crippen molar-refractivity contribution in [2.45, 2.75) is 123 Å². The molecule has 0 aliphatic heterocycles. The summed E-state index contributed by atoms with van der Waals surface area (Å²) in [5, 5.41) is 0. The van der Waals surface area contributed by atoms with E-state index in [0.29, 0.717) is 22.6 Å². The summed E-state index contributed by atoms with van der Waals surface area (Å²) in [5.41, 5.74) is 10.9. The van der Waals surface area contributed by atoms with Gasteiger partial charge >= 0.3 is 11.9 Å². The lowest BCUT2D eigenvalue weighted by molar-refractivity contribution is 0.0725. The Labute approximate surface area is 365 Å². The Morgan fingerprint density at radius 1 is 0.311 bits per heavy atom. The molecule has 6 rings (SSSR count). The first-order valence-electron chi connectivity index (χ1n) is 23.0. The van der Waals surface area contributed by atoms with Gasteiger partial charge in [-0.15, -0.1) is 0 Å². The van der Waals surface area contributed by atoms with Crippen molar-refractivity contribution >= 4 is 11.9 Å². The summed E-state index contributed by atoms with van der Waals surface area (Å²) in [6, 6.07) is 48.7. The molecule has 0 saturated carbocycles. The van der Waals surface area contributed by atoms with Crippen molar-refractivity contribution in [2.75, 3.05) is 0 Å². The standard InChI is InChI=1S/C57H64O4/c1-3-5-12-16-44-20-28-48(29-21-44)50-32-36-52(37-33-50)56(58)60-54-40-24-46(25-41-54)18-14-10-8-7-9-11-15-19-47-26-42-55(43-27-47)61-57(59)53-38-34-51(35-39-53)49-30-22-45(23-31-49)17-13-6-4-2/h20-43H,3-19H2,1-2H3. The lowest BCUT2D eigenvalue weighted by atomic mass is 10.0. The summed E-state index contributed by atoms with van der Waals surface area (Å²) < 4.78 is 11.4. The van der Waals surface area contributed by atoms with Crippen LogP contribution in [0.5, 0.6) is 11.5 Å². The highest BCUT2D eigenvalue weighted by Crippen LogP contribution is 2.25. The molecule has 0 aliphatic carbocycles. The van der Waals surface area contributed by atoms with E-state index >= 15 is 0 Å². The van der Waals surface area contributed by atoms with Gasteiger partial charge in [-0.1, -0.05) is 169 Å². The van der Waals surface area contributed by atoms with Gasteiger partial charge in [-0.2, -0.15) is 0 Å². The van der Waals surface area contributed by atoms with Crippen LogP contribution in [0.4, 0.5) is 0 Å². The average molecular weight is 813 g/mol. The number of aryl methyl sites for hydroxylation is 4. The van der Waals surface area contributed by atoms with Gasteiger partial charge < -0.3 is 9.47 Å². The van der Waals surface area contributed by atoms with Crippen LogP contribution in [0.2, 0.25) is 0 Å². The topological polar surface area (TPSA) is 52.6 Å². The quantitative estimate of drug-likeness (QED) is 0.0347. The maximum atomic E-state index is 12.8. The molecule has 6 aromatic rings. The molecule has 0 N–H and O–H groups in total. The van der Waals surface area contributed by atoms with Crippen molar-refractivity contribution in [3.63, 3.8) is 0 Å². The molecular weight excluding hydrogens is 749 g/mol. The SMILES string of the molecule is CCCCCc1ccc(-c2ccc(C(=O)Oc3ccc(CCCCCCCCCc4ccc(OC(=O)c5ccc(-c6ccc(CCCCC)cc6)cc5)cc4)cc3)cc2)cc1. The van der Waals surface area contributed by atoms with Crippen LogP contribution in [-0.4, -0.2) is 11.9 Å². The molecule has 4 heteroatoms. The molecule has 0 heterocycles. The van der Waals surface area contributed by atoms with E-state index in [1.54, 1.807) is 0 Å². The van der Waals surface area contributed by atoms with Gasteiger partial charge in [0.15, 0.2) is 0 Å². The maximum absolute atomic E-state index is 12.8. The third-order valence-electron chi connectivity index (χ3n) is 11.7. The van der Waals surface area contributed by atoms with Crippen molar-refractivity contribution in [3.8, 4) is 33.8 Å². The van der Waals surface area contributed by atoms with E-state index in [1.807, 2.05) is 72.8 Å². The summed E-state index contributed by atoms with van der Waals surface area (Å²) in [7, 11) is 0. The number of hydrogen-bond donors (Lipinski definition) is 0. The summed E-state index contributed by atoms with van der Waals surface area (Å²) in [6.45, 7) is 4.46. The Morgan fingerprint density at radius 3 is 0.852 bits per heavy atom. The zero-order chi connectivity index (χ0) is 42.5. The fourth-order valence-corrected chi connectivity index (χ4v) is 7.81. The van der Waals surface area contributed by atoms with Crippen LogP contribution in [0.1, 0.15) is 140 Å². The smallest absolute Gasteiger partial charge is 0.343 e. The second-order valence-electron chi connectivity index (χ2n) is 16.5. The van der Waals surface area contributed by atoms with Gasteiger partial charge in [0.1, 0.15) is 11.5 Å². The van der Waals surface area contributed by atoms with E-state index in [2.05, 4.69) is 86.6 Å². The largest absolute Gasteiger partial charge is 0.423 e. The van der Waals surface area contributed by atoms with Gasteiger partial charge in [-0.25, -0.2) is 9.59 Å². The molecule has 0 unspecified atom stereocenters. The number of rotatable bonds is 24. The third kappa shape index (κ3) is 14.7. The highest BCUT2D eigenvalue weighted by Gasteiger charge is 2.11. The van der Waals surface area contributed by atoms with Crippen LogP contribution in [0.15, 0.2) is 146 Å². The predicted octanol–water partition coefficient (Wildman–Crippen LogP) is 15.4. The zero-order valence-corrected chi connectivity index (χ0v) is 36.5. The van der Waals surface area contributed by atoms with Gasteiger partial charge in [0.2, 0.25) is 0 Å². The van der Waals surface area contributed by atoms with E-state index in [4.69, 9.17) is 9.47 Å². The fourth-order valence-electron chi connectivity index (χ4n) is 7.81. The number of carbonyl (C=O) groups is 2. The normalized spacial score (nSPS) is 11.0. The zero-order valence-electron chi connectivity index (χ0n) is 36.5. The summed E-state index contributed by atoms with van der Waals surface area (Å²) >= 11 is 0. The molecule has 0 fully saturated rings. The molecule has 0 aromatic heterocycles. The molecule has 0 aliphatic rings. The molecule has 6 aromatic carbocycles. The van der Waals surface area contributed by atoms with E-state index in [-0.39, 0.29) is 11.9 Å². The summed E-state index contributed by atoms with van der Waals surface area (Å²) in [5.74, 6) is 0.467. The number of benzene rings is 6. The number of unbranched alkanes of at least 4 members (excludes halogenated alkanes) is 10. The van der Waals surface area contributed by atoms with Gasteiger partial charge in [0.05, 0.1) is 11.1 Å². The molecule has 4 nitrogen and oxygen atoms in total. The second-order valence-corrected chi connectivity index (χ2v) is 16.5. The Hall–Kier alpha value is -5.74. The first-order valence-corrected chi connectivity index (χ1v) is 23.0. The Bertz CT molecular complexity index is 2020. The van der Waals surface area contributed by atoms with Gasteiger partial charge in [-0.3, -0.25) is 0 Å². The van der Waals surface area contributed by atoms with Crippen LogP contribution in [0.3, 0.4) is 0 Å². The first-order chi connectivity index (χ1) is 30.0. The lowest BCUT2D eigenvalue weighted by Gasteiger charge is -2.08. The maximum Gasteiger partial charge on any atom is 0.343 e. The molecular formula is C57H64O4. The highest BCUT2D eigenvalue weighted by atomic mass is 16.5. The third-order valence-corrected chi connectivity index (χ3v) is 11.7. The molecule has 0 spiro atoms. The summed E-state index contributed by atoms with van der Waals surface area (Å²) in [6.07, 6.45) is 20.3. The van der Waals surface area contributed by atoms with Crippen molar-refractivity contribution in [1.82, 2.24) is 0 Å². The van der Waals surface area contributed by atoms with Crippen LogP contribution < -0.4 is 9.47 Å². The minimum absolute atomic E-state index is 0.339. The predicted molar refractivity (Wildman–Crippen MR) is 253 cm³/mol. The van der Waals surface area contributed by atoms with Crippen LogP contribution >= 0.6 is 0 Å². The van der Waals surface area contributed by atoms with Crippen LogP contribution in [0, 0.1) is 0 Å². The molecule has 0 radical (unpaired) electrons. The number of hydrogen-bond acceptors (Lipinski definition) is 4. The summed E-state index contributed by atoms with van der Waals surface area (Å²) in [4.78, 5) is 25.7. The number of esters is 2. The minimum atomic E-state index is -0.339. The molecule has 0 saturated heterocycles.